The van der Waals surface area contributed by atoms with Gasteiger partial charge >= 0.3 is 0 Å². The number of rotatable bonds is 6. The fraction of sp³-hybridized carbons (Fsp3) is 0.562. The molecular weight excluding hydrogens is 410 g/mol. The summed E-state index contributed by atoms with van der Waals surface area (Å²) in [6, 6.07) is 6.60. The van der Waals surface area contributed by atoms with Crippen LogP contribution in [0.4, 0.5) is 4.39 Å². The lowest BCUT2D eigenvalue weighted by atomic mass is 10.1. The average molecular weight is 436 g/mol. The van der Waals surface area contributed by atoms with Gasteiger partial charge in [0.25, 0.3) is 0 Å². The van der Waals surface area contributed by atoms with E-state index >= 15 is 0 Å². The molecule has 0 radical (unpaired) electrons. The zero-order valence-electron chi connectivity index (χ0n) is 13.6. The fourth-order valence-electron chi connectivity index (χ4n) is 2.35. The molecule has 0 amide bonds. The molecule has 0 saturated carbocycles. The summed E-state index contributed by atoms with van der Waals surface area (Å²) in [4.78, 5) is 6.58. The maximum absolute atomic E-state index is 12.8. The Morgan fingerprint density at radius 3 is 2.48 bits per heavy atom. The molecule has 130 valence electrons. The zero-order valence-corrected chi connectivity index (χ0v) is 15.9. The summed E-state index contributed by atoms with van der Waals surface area (Å²) < 4.78 is 18.2. The van der Waals surface area contributed by atoms with Crippen molar-refractivity contribution in [2.45, 2.75) is 6.42 Å². The number of nitrogens with one attached hydrogen (secondary N) is 2. The number of halogens is 2. The van der Waals surface area contributed by atoms with Gasteiger partial charge in [-0.25, -0.2) is 4.39 Å². The quantitative estimate of drug-likeness (QED) is 0.403. The van der Waals surface area contributed by atoms with Crippen LogP contribution in [0.3, 0.4) is 0 Å². The fourth-order valence-corrected chi connectivity index (χ4v) is 2.35. The van der Waals surface area contributed by atoms with E-state index in [0.29, 0.717) is 0 Å². The van der Waals surface area contributed by atoms with Crippen LogP contribution < -0.4 is 10.6 Å². The summed E-state index contributed by atoms with van der Waals surface area (Å²) >= 11 is 0. The highest BCUT2D eigenvalue weighted by Gasteiger charge is 2.09. The smallest absolute Gasteiger partial charge is 0.191 e. The number of nitrogens with zero attached hydrogens (tertiary/aromatic N) is 2. The second-order valence-electron chi connectivity index (χ2n) is 5.26. The number of hydrogen-bond donors (Lipinski definition) is 2. The van der Waals surface area contributed by atoms with Crippen molar-refractivity contribution in [2.75, 3.05) is 53.0 Å². The van der Waals surface area contributed by atoms with Crippen LogP contribution in [0.25, 0.3) is 0 Å². The standard InChI is InChI=1S/C16H25FN4O.HI/c1-18-16(20-8-9-21-10-12-22-13-11-21)19-7-6-14-2-4-15(17)5-3-14;/h2-5H,6-13H2,1H3,(H2,18,19,20);1H. The number of morpholine rings is 1. The first-order valence-corrected chi connectivity index (χ1v) is 7.77. The third-order valence-electron chi connectivity index (χ3n) is 3.67. The molecule has 0 bridgehead atoms. The summed E-state index contributed by atoms with van der Waals surface area (Å²) in [6.07, 6.45) is 0.838. The van der Waals surface area contributed by atoms with Crippen LogP contribution in [0.5, 0.6) is 0 Å². The van der Waals surface area contributed by atoms with E-state index in [0.717, 1.165) is 63.9 Å². The summed E-state index contributed by atoms with van der Waals surface area (Å²) in [5.74, 6) is 0.604. The van der Waals surface area contributed by atoms with Gasteiger partial charge in [0.15, 0.2) is 5.96 Å². The van der Waals surface area contributed by atoms with Crippen LogP contribution in [0, 0.1) is 5.82 Å². The first-order chi connectivity index (χ1) is 10.8. The van der Waals surface area contributed by atoms with Crippen LogP contribution in [-0.2, 0) is 11.2 Å². The lowest BCUT2D eigenvalue weighted by Gasteiger charge is -2.26. The summed E-state index contributed by atoms with van der Waals surface area (Å²) in [6.45, 7) is 6.26. The highest BCUT2D eigenvalue weighted by atomic mass is 127. The third kappa shape index (κ3) is 7.94. The molecule has 0 spiro atoms. The molecule has 1 aromatic rings. The van der Waals surface area contributed by atoms with E-state index in [2.05, 4.69) is 20.5 Å². The molecule has 0 unspecified atom stereocenters. The molecule has 0 aliphatic carbocycles. The monoisotopic (exact) mass is 436 g/mol. The Hall–Kier alpha value is -0.930. The number of benzene rings is 1. The van der Waals surface area contributed by atoms with Crippen LogP contribution in [0.15, 0.2) is 29.3 Å². The molecule has 2 N–H and O–H groups in total. The summed E-state index contributed by atoms with van der Waals surface area (Å²) in [7, 11) is 1.77. The van der Waals surface area contributed by atoms with E-state index in [4.69, 9.17) is 4.74 Å². The Labute approximate surface area is 154 Å². The Morgan fingerprint density at radius 1 is 1.17 bits per heavy atom. The number of hydrogen-bond acceptors (Lipinski definition) is 3. The molecular formula is C16H26FIN4O. The van der Waals surface area contributed by atoms with E-state index in [1.807, 2.05) is 12.1 Å². The molecule has 7 heteroatoms. The van der Waals surface area contributed by atoms with Crippen LogP contribution in [0.2, 0.25) is 0 Å². The van der Waals surface area contributed by atoms with Gasteiger partial charge in [0.2, 0.25) is 0 Å². The molecule has 2 rings (SSSR count). The van der Waals surface area contributed by atoms with E-state index in [9.17, 15) is 4.39 Å². The van der Waals surface area contributed by atoms with E-state index in [1.165, 1.54) is 12.1 Å². The molecule has 23 heavy (non-hydrogen) atoms. The number of ether oxygens (including phenoxy) is 1. The normalized spacial score (nSPS) is 15.8. The maximum atomic E-state index is 12.8. The van der Waals surface area contributed by atoms with E-state index in [-0.39, 0.29) is 29.8 Å². The SMILES string of the molecule is CN=C(NCCc1ccc(F)cc1)NCCN1CCOCC1.I. The van der Waals surface area contributed by atoms with Gasteiger partial charge in [-0.05, 0) is 24.1 Å². The van der Waals surface area contributed by atoms with Crippen LogP contribution in [-0.4, -0.2) is 63.8 Å². The Bertz CT molecular complexity index is 464. The Balaban J connectivity index is 0.00000264. The van der Waals surface area contributed by atoms with Crippen molar-refractivity contribution >= 4 is 29.9 Å². The van der Waals surface area contributed by atoms with Gasteiger partial charge < -0.3 is 15.4 Å². The minimum absolute atomic E-state index is 0. The first-order valence-electron chi connectivity index (χ1n) is 7.77. The lowest BCUT2D eigenvalue weighted by Crippen LogP contribution is -2.44. The van der Waals surface area contributed by atoms with Gasteiger partial charge in [0, 0.05) is 39.8 Å². The van der Waals surface area contributed by atoms with E-state index < -0.39 is 0 Å². The van der Waals surface area contributed by atoms with Crippen molar-refractivity contribution in [3.8, 4) is 0 Å². The summed E-state index contributed by atoms with van der Waals surface area (Å²) in [5, 5.41) is 6.58. The van der Waals surface area contributed by atoms with Gasteiger partial charge in [0.1, 0.15) is 5.82 Å². The molecule has 1 aliphatic rings. The van der Waals surface area contributed by atoms with Gasteiger partial charge in [-0.2, -0.15) is 0 Å². The van der Waals surface area contributed by atoms with Crippen LogP contribution >= 0.6 is 24.0 Å². The molecule has 1 aromatic carbocycles. The van der Waals surface area contributed by atoms with Crippen LogP contribution in [0.1, 0.15) is 5.56 Å². The van der Waals surface area contributed by atoms with E-state index in [1.54, 1.807) is 7.05 Å². The van der Waals surface area contributed by atoms with Crippen molar-refractivity contribution in [3.05, 3.63) is 35.6 Å². The Morgan fingerprint density at radius 2 is 1.83 bits per heavy atom. The molecule has 1 heterocycles. The van der Waals surface area contributed by atoms with Gasteiger partial charge in [-0.15, -0.1) is 24.0 Å². The molecule has 1 aliphatic heterocycles. The number of guanidine groups is 1. The third-order valence-corrected chi connectivity index (χ3v) is 3.67. The zero-order chi connectivity index (χ0) is 15.6. The van der Waals surface area contributed by atoms with Crippen molar-refractivity contribution in [2.24, 2.45) is 4.99 Å². The first kappa shape index (κ1) is 20.1. The predicted octanol–water partition coefficient (Wildman–Crippen LogP) is 1.48. The molecule has 1 fully saturated rings. The molecule has 0 aromatic heterocycles. The van der Waals surface area contributed by atoms with Crippen molar-refractivity contribution in [1.82, 2.24) is 15.5 Å². The minimum atomic E-state index is -0.197. The average Bonchev–Trinajstić information content (AvgIpc) is 2.56. The van der Waals surface area contributed by atoms with Gasteiger partial charge in [-0.3, -0.25) is 9.89 Å². The molecule has 0 atom stereocenters. The van der Waals surface area contributed by atoms with Gasteiger partial charge in [-0.1, -0.05) is 12.1 Å². The van der Waals surface area contributed by atoms with Crippen molar-refractivity contribution in [3.63, 3.8) is 0 Å². The highest BCUT2D eigenvalue weighted by Crippen LogP contribution is 2.02. The second-order valence-corrected chi connectivity index (χ2v) is 5.26. The highest BCUT2D eigenvalue weighted by molar-refractivity contribution is 14.0. The minimum Gasteiger partial charge on any atom is -0.379 e. The summed E-state index contributed by atoms with van der Waals surface area (Å²) in [5.41, 5.74) is 1.11. The van der Waals surface area contributed by atoms with Crippen molar-refractivity contribution < 1.29 is 9.13 Å². The predicted molar refractivity (Wildman–Crippen MR) is 102 cm³/mol. The molecule has 5 nitrogen and oxygen atoms in total. The molecule has 1 saturated heterocycles. The van der Waals surface area contributed by atoms with Gasteiger partial charge in [0.05, 0.1) is 13.2 Å². The Kier molecular flexibility index (Phi) is 10.1. The second kappa shape index (κ2) is 11.6. The largest absolute Gasteiger partial charge is 0.379 e. The topological polar surface area (TPSA) is 48.9 Å². The number of aliphatic imine (C=N–C) groups is 1. The van der Waals surface area contributed by atoms with Crippen molar-refractivity contribution in [1.29, 1.82) is 0 Å². The lowest BCUT2D eigenvalue weighted by molar-refractivity contribution is 0.0389. The maximum Gasteiger partial charge on any atom is 0.191 e.